The van der Waals surface area contributed by atoms with Crippen molar-refractivity contribution in [3.8, 4) is 12.3 Å². The first-order chi connectivity index (χ1) is 5.77. The highest BCUT2D eigenvalue weighted by Gasteiger charge is 2.26. The topological polar surface area (TPSA) is 17.1 Å². The first kappa shape index (κ1) is 9.32. The van der Waals surface area contributed by atoms with Gasteiger partial charge in [0.25, 0.3) is 0 Å². The predicted molar refractivity (Wildman–Crippen MR) is 49.6 cm³/mol. The van der Waals surface area contributed by atoms with Crippen LogP contribution in [0.15, 0.2) is 0 Å². The van der Waals surface area contributed by atoms with E-state index >= 15 is 0 Å². The summed E-state index contributed by atoms with van der Waals surface area (Å²) in [5, 5.41) is 0. The maximum absolute atomic E-state index is 11.1. The zero-order valence-electron chi connectivity index (χ0n) is 7.68. The quantitative estimate of drug-likeness (QED) is 0.573. The molecule has 1 saturated carbocycles. The van der Waals surface area contributed by atoms with Crippen LogP contribution < -0.4 is 0 Å². The maximum Gasteiger partial charge on any atom is 0.133 e. The molecule has 0 heterocycles. The highest BCUT2D eigenvalue weighted by Crippen LogP contribution is 2.32. The number of hydrogen-bond acceptors (Lipinski definition) is 1. The number of Topliss-reactive ketones (excluding diaryl/α,β-unsaturated/α-hetero) is 1. The first-order valence-electron chi connectivity index (χ1n) is 4.73. The molecule has 0 saturated heterocycles. The van der Waals surface area contributed by atoms with E-state index < -0.39 is 0 Å². The fourth-order valence-corrected chi connectivity index (χ4v) is 2.07. The molecule has 0 bridgehead atoms. The van der Waals surface area contributed by atoms with Gasteiger partial charge in [-0.25, -0.2) is 0 Å². The molecule has 2 atom stereocenters. The van der Waals surface area contributed by atoms with Gasteiger partial charge in [-0.3, -0.25) is 4.79 Å². The molecule has 1 fully saturated rings. The molecular formula is C11H16O. The zero-order valence-corrected chi connectivity index (χ0v) is 7.68. The van der Waals surface area contributed by atoms with Gasteiger partial charge in [-0.2, -0.15) is 0 Å². The van der Waals surface area contributed by atoms with Crippen molar-refractivity contribution >= 4 is 5.78 Å². The van der Waals surface area contributed by atoms with Crippen molar-refractivity contribution < 1.29 is 4.79 Å². The minimum Gasteiger partial charge on any atom is -0.300 e. The van der Waals surface area contributed by atoms with E-state index in [4.69, 9.17) is 6.42 Å². The average molecular weight is 164 g/mol. The van der Waals surface area contributed by atoms with Crippen LogP contribution in [0.1, 0.15) is 39.0 Å². The first-order valence-corrected chi connectivity index (χ1v) is 4.73. The van der Waals surface area contributed by atoms with Crippen LogP contribution in [0.4, 0.5) is 0 Å². The SMILES string of the molecule is C#CCC1CC(=O)CCC1CC. The minimum atomic E-state index is 0.403. The molecule has 0 aromatic heterocycles. The third kappa shape index (κ3) is 2.11. The molecule has 1 nitrogen and oxygen atoms in total. The Morgan fingerprint density at radius 1 is 1.58 bits per heavy atom. The smallest absolute Gasteiger partial charge is 0.133 e. The van der Waals surface area contributed by atoms with Gasteiger partial charge in [0.05, 0.1) is 0 Å². The molecule has 0 aromatic rings. The molecule has 0 N–H and O–H groups in total. The summed E-state index contributed by atoms with van der Waals surface area (Å²) in [6, 6.07) is 0. The Kier molecular flexibility index (Phi) is 3.34. The lowest BCUT2D eigenvalue weighted by atomic mass is 9.76. The third-order valence-electron chi connectivity index (χ3n) is 2.85. The summed E-state index contributed by atoms with van der Waals surface area (Å²) >= 11 is 0. The zero-order chi connectivity index (χ0) is 8.97. The lowest BCUT2D eigenvalue weighted by Gasteiger charge is -2.28. The summed E-state index contributed by atoms with van der Waals surface area (Å²) in [7, 11) is 0. The van der Waals surface area contributed by atoms with Gasteiger partial charge in [0, 0.05) is 19.3 Å². The molecule has 0 spiro atoms. The number of ketones is 1. The van der Waals surface area contributed by atoms with E-state index in [0.717, 1.165) is 25.7 Å². The molecule has 12 heavy (non-hydrogen) atoms. The largest absolute Gasteiger partial charge is 0.300 e. The number of rotatable bonds is 2. The monoisotopic (exact) mass is 164 g/mol. The number of terminal acetylenes is 1. The molecule has 2 unspecified atom stereocenters. The van der Waals surface area contributed by atoms with Crippen LogP contribution in [0.5, 0.6) is 0 Å². The molecule has 1 aliphatic carbocycles. The molecule has 1 heteroatoms. The van der Waals surface area contributed by atoms with Crippen molar-refractivity contribution in [3.63, 3.8) is 0 Å². The second-order valence-electron chi connectivity index (χ2n) is 3.62. The van der Waals surface area contributed by atoms with E-state index in [1.807, 2.05) is 0 Å². The van der Waals surface area contributed by atoms with Crippen LogP contribution in [-0.4, -0.2) is 5.78 Å². The summed E-state index contributed by atoms with van der Waals surface area (Å²) in [6.07, 6.45) is 9.77. The van der Waals surface area contributed by atoms with Gasteiger partial charge in [0.2, 0.25) is 0 Å². The molecule has 1 aliphatic rings. The minimum absolute atomic E-state index is 0.403. The number of carbonyl (C=O) groups excluding carboxylic acids is 1. The summed E-state index contributed by atoms with van der Waals surface area (Å²) in [4.78, 5) is 11.1. The van der Waals surface area contributed by atoms with Crippen molar-refractivity contribution in [2.24, 2.45) is 11.8 Å². The van der Waals surface area contributed by atoms with E-state index in [1.54, 1.807) is 0 Å². The summed E-state index contributed by atoms with van der Waals surface area (Å²) < 4.78 is 0. The molecule has 0 amide bonds. The van der Waals surface area contributed by atoms with Gasteiger partial charge in [-0.15, -0.1) is 12.3 Å². The highest BCUT2D eigenvalue weighted by molar-refractivity contribution is 5.79. The molecule has 1 rings (SSSR count). The van der Waals surface area contributed by atoms with E-state index in [1.165, 1.54) is 6.42 Å². The summed E-state index contributed by atoms with van der Waals surface area (Å²) in [5.74, 6) is 4.24. The van der Waals surface area contributed by atoms with Gasteiger partial charge in [-0.1, -0.05) is 13.3 Å². The van der Waals surface area contributed by atoms with Crippen molar-refractivity contribution in [3.05, 3.63) is 0 Å². The second-order valence-corrected chi connectivity index (χ2v) is 3.62. The number of hydrogen-bond donors (Lipinski definition) is 0. The van der Waals surface area contributed by atoms with Crippen molar-refractivity contribution in [2.75, 3.05) is 0 Å². The van der Waals surface area contributed by atoms with E-state index in [-0.39, 0.29) is 0 Å². The van der Waals surface area contributed by atoms with Gasteiger partial charge in [0.15, 0.2) is 0 Å². The summed E-state index contributed by atoms with van der Waals surface area (Å²) in [5.41, 5.74) is 0. The lowest BCUT2D eigenvalue weighted by Crippen LogP contribution is -2.24. The van der Waals surface area contributed by atoms with Gasteiger partial charge >= 0.3 is 0 Å². The maximum atomic E-state index is 11.1. The Balaban J connectivity index is 2.52. The predicted octanol–water partition coefficient (Wildman–Crippen LogP) is 2.41. The molecule has 0 radical (unpaired) electrons. The van der Waals surface area contributed by atoms with Gasteiger partial charge in [-0.05, 0) is 18.3 Å². The number of carbonyl (C=O) groups is 1. The van der Waals surface area contributed by atoms with E-state index in [2.05, 4.69) is 12.8 Å². The van der Waals surface area contributed by atoms with Crippen LogP contribution >= 0.6 is 0 Å². The van der Waals surface area contributed by atoms with E-state index in [9.17, 15) is 4.79 Å². The van der Waals surface area contributed by atoms with Gasteiger partial charge < -0.3 is 0 Å². The molecular weight excluding hydrogens is 148 g/mol. The Morgan fingerprint density at radius 3 is 2.92 bits per heavy atom. The van der Waals surface area contributed by atoms with Crippen LogP contribution in [-0.2, 0) is 4.79 Å². The Morgan fingerprint density at radius 2 is 2.33 bits per heavy atom. The Bertz CT molecular complexity index is 200. The highest BCUT2D eigenvalue weighted by atomic mass is 16.1. The Labute approximate surface area is 74.5 Å². The van der Waals surface area contributed by atoms with Gasteiger partial charge in [0.1, 0.15) is 5.78 Å². The van der Waals surface area contributed by atoms with Crippen molar-refractivity contribution in [2.45, 2.75) is 39.0 Å². The fraction of sp³-hybridized carbons (Fsp3) is 0.727. The Hall–Kier alpha value is -0.770. The van der Waals surface area contributed by atoms with Crippen LogP contribution in [0.25, 0.3) is 0 Å². The molecule has 0 aromatic carbocycles. The molecule has 0 aliphatic heterocycles. The normalized spacial score (nSPS) is 29.8. The second kappa shape index (κ2) is 4.30. The fourth-order valence-electron chi connectivity index (χ4n) is 2.07. The summed E-state index contributed by atoms with van der Waals surface area (Å²) in [6.45, 7) is 2.18. The van der Waals surface area contributed by atoms with Crippen molar-refractivity contribution in [1.82, 2.24) is 0 Å². The third-order valence-corrected chi connectivity index (χ3v) is 2.85. The van der Waals surface area contributed by atoms with Crippen LogP contribution in [0.3, 0.4) is 0 Å². The molecule has 66 valence electrons. The lowest BCUT2D eigenvalue weighted by molar-refractivity contribution is -0.122. The van der Waals surface area contributed by atoms with Crippen LogP contribution in [0.2, 0.25) is 0 Å². The van der Waals surface area contributed by atoms with E-state index in [0.29, 0.717) is 17.6 Å². The standard InChI is InChI=1S/C11H16O/c1-3-5-10-8-11(12)7-6-9(10)4-2/h1,9-10H,4-8H2,2H3. The van der Waals surface area contributed by atoms with Crippen molar-refractivity contribution in [1.29, 1.82) is 0 Å². The van der Waals surface area contributed by atoms with Crippen LogP contribution in [0, 0.1) is 24.2 Å². The average Bonchev–Trinajstić information content (AvgIpc) is 2.05.